The number of hydrogen-bond acceptors (Lipinski definition) is 6. The fourth-order valence-electron chi connectivity index (χ4n) is 6.20. The van der Waals surface area contributed by atoms with Crippen LogP contribution in [0.15, 0.2) is 72.8 Å². The Hall–Kier alpha value is -4.57. The summed E-state index contributed by atoms with van der Waals surface area (Å²) in [6, 6.07) is 20.1. The predicted molar refractivity (Wildman–Crippen MR) is 132 cm³/mol. The molecule has 10 heteroatoms. The predicted octanol–water partition coefficient (Wildman–Crippen LogP) is 1.74. The van der Waals surface area contributed by atoms with Crippen LogP contribution in [-0.2, 0) is 26.3 Å². The van der Waals surface area contributed by atoms with E-state index >= 15 is 0 Å². The van der Waals surface area contributed by atoms with E-state index < -0.39 is 40.2 Å². The van der Waals surface area contributed by atoms with Crippen molar-refractivity contribution in [2.75, 3.05) is 17.3 Å². The Bertz CT molecular complexity index is 1470. The van der Waals surface area contributed by atoms with Gasteiger partial charge >= 0.3 is 0 Å². The molecule has 10 nitrogen and oxygen atoms in total. The molecule has 0 saturated carbocycles. The number of rotatable bonds is 5. The van der Waals surface area contributed by atoms with Crippen LogP contribution in [0.5, 0.6) is 5.75 Å². The number of amides is 3. The molecule has 4 atom stereocenters. The highest BCUT2D eigenvalue weighted by atomic mass is 16.6. The van der Waals surface area contributed by atoms with Gasteiger partial charge in [0, 0.05) is 24.1 Å². The van der Waals surface area contributed by atoms with Gasteiger partial charge in [0.15, 0.2) is 0 Å². The minimum Gasteiger partial charge on any atom is -0.495 e. The van der Waals surface area contributed by atoms with Gasteiger partial charge in [-0.3, -0.25) is 24.5 Å². The first-order valence-electron chi connectivity index (χ1n) is 11.9. The number of fused-ring (bicyclic) bond motifs is 4. The van der Waals surface area contributed by atoms with Crippen LogP contribution in [0.1, 0.15) is 11.1 Å². The number of quaternary nitrogens is 1. The lowest BCUT2D eigenvalue weighted by Crippen LogP contribution is -2.99. The summed E-state index contributed by atoms with van der Waals surface area (Å²) >= 11 is 0. The maximum atomic E-state index is 14.1. The van der Waals surface area contributed by atoms with Crippen LogP contribution in [0.4, 0.5) is 17.1 Å². The summed E-state index contributed by atoms with van der Waals surface area (Å²) in [4.78, 5) is 53.7. The zero-order chi connectivity index (χ0) is 25.9. The molecule has 6 rings (SSSR count). The van der Waals surface area contributed by atoms with Crippen LogP contribution in [0, 0.1) is 22.0 Å². The van der Waals surface area contributed by atoms with E-state index in [4.69, 9.17) is 4.74 Å². The van der Waals surface area contributed by atoms with E-state index in [-0.39, 0.29) is 23.0 Å². The van der Waals surface area contributed by atoms with E-state index in [0.29, 0.717) is 17.7 Å². The molecule has 3 heterocycles. The number of ether oxygens (including phenoxy) is 1. The molecule has 3 aromatic rings. The number of nitrogens with zero attached hydrogens (tertiary/aromatic N) is 2. The van der Waals surface area contributed by atoms with Gasteiger partial charge in [0.25, 0.3) is 11.6 Å². The van der Waals surface area contributed by atoms with E-state index in [1.54, 1.807) is 24.3 Å². The Morgan fingerprint density at radius 3 is 2.49 bits per heavy atom. The maximum absolute atomic E-state index is 14.1. The fourth-order valence-corrected chi connectivity index (χ4v) is 6.20. The number of anilines is 2. The van der Waals surface area contributed by atoms with Gasteiger partial charge in [-0.25, -0.2) is 4.90 Å². The molecule has 0 radical (unpaired) electrons. The Kier molecular flexibility index (Phi) is 5.09. The van der Waals surface area contributed by atoms with Gasteiger partial charge in [-0.15, -0.1) is 0 Å². The van der Waals surface area contributed by atoms with E-state index in [1.165, 1.54) is 25.3 Å². The summed E-state index contributed by atoms with van der Waals surface area (Å²) in [6.45, 7) is 0. The van der Waals surface area contributed by atoms with Gasteiger partial charge in [0.2, 0.25) is 17.4 Å². The molecule has 186 valence electrons. The standard InChI is InChI=1S/C27H22N4O6/c1-37-21-12-11-16(31(35)36)14-20(21)30-24(32)22-19(13-15-7-3-2-4-8-15)29-27(23(22)25(30)33)17-9-5-6-10-18(17)28-26(27)34/h2-12,14,19,22-23,29H,13H2,1H3,(H,28,34)/p+1/t19-,22-,23-,27+/m0/s1. The molecule has 0 unspecified atom stereocenters. The summed E-state index contributed by atoms with van der Waals surface area (Å²) in [5.41, 5.74) is 0.615. The third kappa shape index (κ3) is 3.19. The van der Waals surface area contributed by atoms with Crippen molar-refractivity contribution in [1.29, 1.82) is 0 Å². The highest BCUT2D eigenvalue weighted by Crippen LogP contribution is 2.51. The molecule has 1 spiro atoms. The summed E-state index contributed by atoms with van der Waals surface area (Å²) in [6.07, 6.45) is 0.456. The number of hydrogen-bond donors (Lipinski definition) is 2. The van der Waals surface area contributed by atoms with Crippen molar-refractivity contribution in [2.45, 2.75) is 18.0 Å². The molecule has 3 aliphatic rings. The first-order chi connectivity index (χ1) is 17.9. The van der Waals surface area contributed by atoms with Crippen molar-refractivity contribution in [3.8, 4) is 5.75 Å². The van der Waals surface area contributed by atoms with E-state index in [9.17, 15) is 24.5 Å². The lowest BCUT2D eigenvalue weighted by Gasteiger charge is -2.27. The van der Waals surface area contributed by atoms with E-state index in [1.807, 2.05) is 35.6 Å². The first-order valence-corrected chi connectivity index (χ1v) is 11.9. The monoisotopic (exact) mass is 499 g/mol. The number of imide groups is 1. The number of benzene rings is 3. The number of para-hydroxylation sites is 1. The summed E-state index contributed by atoms with van der Waals surface area (Å²) < 4.78 is 5.37. The highest BCUT2D eigenvalue weighted by molar-refractivity contribution is 6.25. The average molecular weight is 500 g/mol. The largest absolute Gasteiger partial charge is 0.495 e. The number of nitrogens with one attached hydrogen (secondary N) is 1. The molecule has 0 bridgehead atoms. The molecule has 2 fully saturated rings. The van der Waals surface area contributed by atoms with Crippen molar-refractivity contribution in [3.63, 3.8) is 0 Å². The lowest BCUT2D eigenvalue weighted by molar-refractivity contribution is -0.733. The third-order valence-corrected chi connectivity index (χ3v) is 7.70. The number of nitro benzene ring substituents is 1. The number of nitrogens with two attached hydrogens (primary N) is 1. The topological polar surface area (TPSA) is 135 Å². The number of carbonyl (C=O) groups is 3. The van der Waals surface area contributed by atoms with Gasteiger partial charge in [-0.2, -0.15) is 0 Å². The van der Waals surface area contributed by atoms with Crippen LogP contribution >= 0.6 is 0 Å². The molecule has 3 N–H and O–H groups in total. The highest BCUT2D eigenvalue weighted by Gasteiger charge is 2.74. The molecular formula is C27H23N4O6+. The second-order valence-corrected chi connectivity index (χ2v) is 9.52. The smallest absolute Gasteiger partial charge is 0.291 e. The number of nitro groups is 1. The van der Waals surface area contributed by atoms with Crippen LogP contribution in [-0.4, -0.2) is 35.8 Å². The molecule has 3 amide bonds. The summed E-state index contributed by atoms with van der Waals surface area (Å²) in [7, 11) is 1.37. The molecule has 0 aliphatic carbocycles. The zero-order valence-corrected chi connectivity index (χ0v) is 19.8. The number of non-ortho nitro benzene ring substituents is 1. The second-order valence-electron chi connectivity index (χ2n) is 9.52. The van der Waals surface area contributed by atoms with Gasteiger partial charge in [0.05, 0.1) is 17.7 Å². The van der Waals surface area contributed by atoms with Crippen molar-refractivity contribution in [3.05, 3.63) is 94.0 Å². The SMILES string of the molecule is COc1ccc([N+](=O)[O-])cc1N1C(=O)[C@H]2[C@H](Cc3ccccc3)[NH2+][C@@]3(C(=O)Nc4ccccc43)[C@@H]2C1=O. The van der Waals surface area contributed by atoms with Crippen LogP contribution < -0.4 is 20.3 Å². The zero-order valence-electron chi connectivity index (χ0n) is 19.8. The average Bonchev–Trinajstić information content (AvgIpc) is 3.48. The summed E-state index contributed by atoms with van der Waals surface area (Å²) in [5, 5.41) is 16.3. The molecular weight excluding hydrogens is 476 g/mol. The van der Waals surface area contributed by atoms with Crippen LogP contribution in [0.2, 0.25) is 0 Å². The molecule has 3 aliphatic heterocycles. The van der Waals surface area contributed by atoms with Gasteiger partial charge < -0.3 is 15.4 Å². The van der Waals surface area contributed by atoms with Gasteiger partial charge in [-0.1, -0.05) is 48.5 Å². The van der Waals surface area contributed by atoms with E-state index in [2.05, 4.69) is 5.32 Å². The minimum atomic E-state index is -1.34. The number of carbonyl (C=O) groups excluding carboxylic acids is 3. The normalized spacial score (nSPS) is 25.8. The Morgan fingerprint density at radius 2 is 1.76 bits per heavy atom. The lowest BCUT2D eigenvalue weighted by atomic mass is 9.76. The second kappa shape index (κ2) is 8.24. The maximum Gasteiger partial charge on any atom is 0.291 e. The molecule has 0 aromatic heterocycles. The Morgan fingerprint density at radius 1 is 1.03 bits per heavy atom. The van der Waals surface area contributed by atoms with Gasteiger partial charge in [-0.05, 0) is 17.7 Å². The molecule has 2 saturated heterocycles. The van der Waals surface area contributed by atoms with Crippen molar-refractivity contribution in [1.82, 2.24) is 0 Å². The molecule has 3 aromatic carbocycles. The quantitative estimate of drug-likeness (QED) is 0.312. The van der Waals surface area contributed by atoms with Crippen molar-refractivity contribution < 1.29 is 29.4 Å². The van der Waals surface area contributed by atoms with Crippen molar-refractivity contribution >= 4 is 34.8 Å². The van der Waals surface area contributed by atoms with E-state index in [0.717, 1.165) is 10.5 Å². The fraction of sp³-hybridized carbons (Fsp3) is 0.222. The van der Waals surface area contributed by atoms with Crippen LogP contribution in [0.3, 0.4) is 0 Å². The van der Waals surface area contributed by atoms with Crippen molar-refractivity contribution in [2.24, 2.45) is 11.8 Å². The first kappa shape index (κ1) is 22.9. The van der Waals surface area contributed by atoms with Gasteiger partial charge in [0.1, 0.15) is 29.3 Å². The Labute approximate surface area is 211 Å². The Balaban J connectivity index is 1.52. The number of methoxy groups -OCH3 is 1. The minimum absolute atomic E-state index is 0.00130. The molecule has 37 heavy (non-hydrogen) atoms. The third-order valence-electron chi connectivity index (χ3n) is 7.70. The summed E-state index contributed by atoms with van der Waals surface area (Å²) in [5.74, 6) is -3.10. The van der Waals surface area contributed by atoms with Crippen LogP contribution in [0.25, 0.3) is 0 Å².